The molecule has 50 heavy (non-hydrogen) atoms. The van der Waals surface area contributed by atoms with Crippen LogP contribution in [0.1, 0.15) is 48.0 Å². The van der Waals surface area contributed by atoms with Gasteiger partial charge in [0.2, 0.25) is 0 Å². The fourth-order valence-electron chi connectivity index (χ4n) is 8.76. The Morgan fingerprint density at radius 3 is 2.04 bits per heavy atom. The topological polar surface area (TPSA) is 47.9 Å². The molecule has 0 radical (unpaired) electrons. The summed E-state index contributed by atoms with van der Waals surface area (Å²) in [5, 5.41) is 0. The van der Waals surface area contributed by atoms with Crippen molar-refractivity contribution in [3.05, 3.63) is 192 Å². The van der Waals surface area contributed by atoms with Crippen molar-refractivity contribution in [1.29, 1.82) is 0 Å². The number of benzene rings is 4. The van der Waals surface area contributed by atoms with E-state index in [9.17, 15) is 0 Å². The highest BCUT2D eigenvalue weighted by Crippen LogP contribution is 2.63. The van der Waals surface area contributed by atoms with Gasteiger partial charge in [0.05, 0.1) is 5.41 Å². The first-order valence-corrected chi connectivity index (χ1v) is 17.7. The second-order valence-corrected chi connectivity index (χ2v) is 13.7. The van der Waals surface area contributed by atoms with Gasteiger partial charge in [-0.3, -0.25) is 0 Å². The zero-order chi connectivity index (χ0) is 33.1. The Morgan fingerprint density at radius 1 is 0.600 bits per heavy atom. The van der Waals surface area contributed by atoms with Gasteiger partial charge in [0.25, 0.3) is 0 Å². The maximum Gasteiger partial charge on any atom is 0.163 e. The first kappa shape index (κ1) is 29.1. The summed E-state index contributed by atoms with van der Waals surface area (Å²) in [6.07, 6.45) is 22.6. The molecule has 1 aliphatic heterocycles. The van der Waals surface area contributed by atoms with Crippen LogP contribution in [0, 0.1) is 5.92 Å². The van der Waals surface area contributed by atoms with Crippen LogP contribution >= 0.6 is 0 Å². The molecule has 1 spiro atoms. The summed E-state index contributed by atoms with van der Waals surface area (Å²) in [7, 11) is 0. The number of rotatable bonds is 4. The van der Waals surface area contributed by atoms with Gasteiger partial charge in [-0.1, -0.05) is 152 Å². The molecule has 5 aromatic rings. The van der Waals surface area contributed by atoms with E-state index in [0.29, 0.717) is 11.6 Å². The van der Waals surface area contributed by atoms with Crippen molar-refractivity contribution in [3.8, 4) is 33.6 Å². The van der Waals surface area contributed by atoms with Gasteiger partial charge in [-0.2, -0.15) is 0 Å². The molecule has 1 aromatic heterocycles. The van der Waals surface area contributed by atoms with Crippen LogP contribution in [0.4, 0.5) is 0 Å². The number of allylic oxidation sites excluding steroid dienone is 9. The summed E-state index contributed by atoms with van der Waals surface area (Å²) in [5.41, 5.74) is 10.5. The molecule has 3 unspecified atom stereocenters. The predicted molar refractivity (Wildman–Crippen MR) is 200 cm³/mol. The predicted octanol–water partition coefficient (Wildman–Crippen LogP) is 10.3. The number of hydrogen-bond acceptors (Lipinski definition) is 4. The Morgan fingerprint density at radius 2 is 1.28 bits per heavy atom. The molecule has 1 fully saturated rings. The summed E-state index contributed by atoms with van der Waals surface area (Å²) in [4.78, 5) is 15.6. The van der Waals surface area contributed by atoms with Crippen molar-refractivity contribution >= 4 is 5.57 Å². The van der Waals surface area contributed by atoms with Crippen LogP contribution in [0.25, 0.3) is 39.2 Å². The van der Waals surface area contributed by atoms with E-state index >= 15 is 0 Å². The van der Waals surface area contributed by atoms with Gasteiger partial charge in [0.1, 0.15) is 17.7 Å². The lowest BCUT2D eigenvalue weighted by molar-refractivity contribution is 0.0748. The van der Waals surface area contributed by atoms with Crippen LogP contribution in [-0.4, -0.2) is 21.1 Å². The van der Waals surface area contributed by atoms with Crippen molar-refractivity contribution in [3.63, 3.8) is 0 Å². The summed E-state index contributed by atoms with van der Waals surface area (Å²) in [6.45, 7) is 0. The van der Waals surface area contributed by atoms with Crippen LogP contribution in [0.2, 0.25) is 0 Å². The Bertz CT molecular complexity index is 2300. The molecule has 3 atom stereocenters. The van der Waals surface area contributed by atoms with Gasteiger partial charge in [0.15, 0.2) is 11.6 Å². The number of fused-ring (bicyclic) bond motifs is 9. The quantitative estimate of drug-likeness (QED) is 0.195. The van der Waals surface area contributed by atoms with E-state index in [4.69, 9.17) is 19.7 Å². The van der Waals surface area contributed by atoms with E-state index in [2.05, 4.69) is 152 Å². The zero-order valence-corrected chi connectivity index (χ0v) is 27.6. The summed E-state index contributed by atoms with van der Waals surface area (Å²) in [5.74, 6) is 3.19. The first-order valence-electron chi connectivity index (χ1n) is 17.7. The normalized spacial score (nSPS) is 22.0. The van der Waals surface area contributed by atoms with E-state index in [1.54, 1.807) is 0 Å². The van der Waals surface area contributed by atoms with Gasteiger partial charge in [-0.05, 0) is 58.7 Å². The maximum absolute atomic E-state index is 7.12. The van der Waals surface area contributed by atoms with Crippen molar-refractivity contribution in [1.82, 2.24) is 15.0 Å². The molecular formula is C46H35N3O. The molecule has 4 nitrogen and oxygen atoms in total. The molecule has 4 aromatic carbocycles. The fraction of sp³-hybridized carbons (Fsp3) is 0.152. The Hall–Kier alpha value is -5.87. The van der Waals surface area contributed by atoms with Crippen LogP contribution in [0.3, 0.4) is 0 Å². The van der Waals surface area contributed by atoms with E-state index in [1.807, 2.05) is 6.07 Å². The molecule has 2 heterocycles. The van der Waals surface area contributed by atoms with E-state index in [1.165, 1.54) is 33.4 Å². The number of aromatic nitrogens is 3. The first-order chi connectivity index (χ1) is 24.8. The molecular weight excluding hydrogens is 611 g/mol. The number of ether oxygens (including phenoxy) is 1. The Labute approximate surface area is 292 Å². The van der Waals surface area contributed by atoms with Crippen LogP contribution in [0.5, 0.6) is 0 Å². The molecule has 0 bridgehead atoms. The largest absolute Gasteiger partial charge is 0.485 e. The summed E-state index contributed by atoms with van der Waals surface area (Å²) in [6, 6.07) is 36.9. The third-order valence-corrected chi connectivity index (χ3v) is 11.0. The minimum Gasteiger partial charge on any atom is -0.485 e. The molecule has 0 N–H and O–H groups in total. The van der Waals surface area contributed by atoms with Crippen molar-refractivity contribution in [2.75, 3.05) is 0 Å². The van der Waals surface area contributed by atoms with E-state index in [-0.39, 0.29) is 23.4 Å². The molecule has 10 rings (SSSR count). The summed E-state index contributed by atoms with van der Waals surface area (Å²) >= 11 is 0. The average molecular weight is 646 g/mol. The average Bonchev–Trinajstić information content (AvgIpc) is 3.49. The molecule has 0 amide bonds. The second kappa shape index (κ2) is 11.6. The van der Waals surface area contributed by atoms with Gasteiger partial charge in [-0.25, -0.2) is 15.0 Å². The SMILES string of the molecule is C1=CCC(c2nc(C3=CC=CC4C3OC3=CCCC=C3C43c4ccccc4-c4ccccc43)nc(-c3ccc(-c4ccccc4)cc3)n2)C=C1. The minimum atomic E-state index is -0.388. The maximum atomic E-state index is 7.12. The van der Waals surface area contributed by atoms with E-state index in [0.717, 1.165) is 47.5 Å². The highest BCUT2D eigenvalue weighted by molar-refractivity contribution is 5.86. The molecule has 240 valence electrons. The van der Waals surface area contributed by atoms with Crippen molar-refractivity contribution < 1.29 is 4.74 Å². The molecule has 0 saturated carbocycles. The minimum absolute atomic E-state index is 0.000121. The van der Waals surface area contributed by atoms with Crippen molar-refractivity contribution in [2.24, 2.45) is 5.92 Å². The molecule has 4 heteroatoms. The lowest BCUT2D eigenvalue weighted by Crippen LogP contribution is -2.49. The standard InChI is InChI=1S/C46H35N3O/c1-3-14-30(15-4-1)31-26-28-33(29-27-31)44-47-43(32-16-5-2-6-17-32)48-45(49-44)36-20-13-24-40-42(36)50-41-25-12-11-23-39(41)46(40)37-21-9-7-18-34(37)35-19-8-10-22-38(35)46/h1-10,13-16,18-29,32,40,42H,11-12,17H2. The van der Waals surface area contributed by atoms with Gasteiger partial charge in [-0.15, -0.1) is 0 Å². The molecule has 4 aliphatic carbocycles. The lowest BCUT2D eigenvalue weighted by Gasteiger charge is -2.50. The Balaban J connectivity index is 1.13. The van der Waals surface area contributed by atoms with Gasteiger partial charge >= 0.3 is 0 Å². The number of hydrogen-bond donors (Lipinski definition) is 0. The van der Waals surface area contributed by atoms with Crippen LogP contribution in [0.15, 0.2) is 169 Å². The highest BCUT2D eigenvalue weighted by Gasteiger charge is 2.58. The monoisotopic (exact) mass is 645 g/mol. The lowest BCUT2D eigenvalue weighted by atomic mass is 9.57. The zero-order valence-electron chi connectivity index (χ0n) is 27.6. The molecule has 1 saturated heterocycles. The number of nitrogens with zero attached hydrogens (tertiary/aromatic N) is 3. The third-order valence-electron chi connectivity index (χ3n) is 11.0. The molecule has 5 aliphatic rings. The Kier molecular flexibility index (Phi) is 6.76. The van der Waals surface area contributed by atoms with Crippen LogP contribution < -0.4 is 0 Å². The van der Waals surface area contributed by atoms with Gasteiger partial charge < -0.3 is 4.74 Å². The fourth-order valence-corrected chi connectivity index (χ4v) is 8.76. The van der Waals surface area contributed by atoms with Crippen molar-refractivity contribution in [2.45, 2.75) is 36.7 Å². The smallest absolute Gasteiger partial charge is 0.163 e. The van der Waals surface area contributed by atoms with Gasteiger partial charge in [0, 0.05) is 28.5 Å². The van der Waals surface area contributed by atoms with Crippen LogP contribution in [-0.2, 0) is 10.2 Å². The summed E-state index contributed by atoms with van der Waals surface area (Å²) < 4.78 is 7.12. The third kappa shape index (κ3) is 4.41. The van der Waals surface area contributed by atoms with E-state index < -0.39 is 0 Å². The second-order valence-electron chi connectivity index (χ2n) is 13.7. The highest BCUT2D eigenvalue weighted by atomic mass is 16.5.